The Hall–Kier alpha value is 1.59. The average molecular weight is 431 g/mol. The van der Waals surface area contributed by atoms with E-state index in [0.717, 1.165) is 5.02 Å². The summed E-state index contributed by atoms with van der Waals surface area (Å²) in [6.45, 7) is 0. The summed E-state index contributed by atoms with van der Waals surface area (Å²) in [6.07, 6.45) is 0. The van der Waals surface area contributed by atoms with Crippen LogP contribution in [0, 0.1) is 6.07 Å². The van der Waals surface area contributed by atoms with Crippen LogP contribution in [0.2, 0.25) is 5.02 Å². The Morgan fingerprint density at radius 2 is 1.70 bits per heavy atom. The van der Waals surface area contributed by atoms with Crippen molar-refractivity contribution in [2.75, 3.05) is 0 Å². The van der Waals surface area contributed by atoms with Crippen LogP contribution < -0.4 is 0 Å². The average Bonchev–Trinajstić information content (AvgIpc) is 1.91. The summed E-state index contributed by atoms with van der Waals surface area (Å²) in [4.78, 5) is 0. The second kappa shape index (κ2) is 8.69. The van der Waals surface area contributed by atoms with Crippen LogP contribution in [0.25, 0.3) is 0 Å². The monoisotopic (exact) mass is 429 g/mol. The zero-order valence-electron chi connectivity index (χ0n) is 5.15. The van der Waals surface area contributed by atoms with E-state index in [1.807, 2.05) is 0 Å². The Balaban J connectivity index is 0.000000236. The fourth-order valence-electron chi connectivity index (χ4n) is 0.367. The van der Waals surface area contributed by atoms with Crippen LogP contribution >= 0.6 is 51.1 Å². The molecule has 0 bridgehead atoms. The van der Waals surface area contributed by atoms with Crippen LogP contribution in [0.4, 0.5) is 0 Å². The van der Waals surface area contributed by atoms with Gasteiger partial charge in [-0.3, -0.25) is 0 Å². The summed E-state index contributed by atoms with van der Waals surface area (Å²) in [5.41, 5.74) is 0. The fourth-order valence-corrected chi connectivity index (χ4v) is 0.493. The summed E-state index contributed by atoms with van der Waals surface area (Å²) >= 11 is 10.4. The van der Waals surface area contributed by atoms with Gasteiger partial charge in [-0.05, 0) is 18.2 Å². The Labute approximate surface area is 95.1 Å². The molecule has 0 heterocycles. The van der Waals surface area contributed by atoms with E-state index in [0.29, 0.717) is 0 Å². The molecular weight excluding hydrogens is 427 g/mol. The standard InChI is InChI=1S/C6H4Cl.2HI.Zn/c7-6-4-2-1-3-5-6;;;/h2-5H;2*1H;/q;;;+2/p-2. The van der Waals surface area contributed by atoms with Gasteiger partial charge >= 0.3 is 49.6 Å². The summed E-state index contributed by atoms with van der Waals surface area (Å²) in [5, 5.41) is 0.763. The van der Waals surface area contributed by atoms with Crippen molar-refractivity contribution in [2.45, 2.75) is 0 Å². The van der Waals surface area contributed by atoms with Gasteiger partial charge in [0.2, 0.25) is 0 Å². The van der Waals surface area contributed by atoms with Crippen LogP contribution in [0.1, 0.15) is 0 Å². The fraction of sp³-hybridized carbons (Fsp3) is 0. The molecule has 51 valence electrons. The van der Waals surface area contributed by atoms with Crippen LogP contribution in [-0.2, 0) is 10.1 Å². The first kappa shape index (κ1) is 11.6. The van der Waals surface area contributed by atoms with Crippen LogP contribution in [-0.4, -0.2) is 0 Å². The molecule has 0 N–H and O–H groups in total. The third-order valence-corrected chi connectivity index (χ3v) is 0.930. The van der Waals surface area contributed by atoms with E-state index in [-0.39, 0.29) is 10.1 Å². The van der Waals surface area contributed by atoms with Gasteiger partial charge in [-0.2, -0.15) is 0 Å². The molecule has 0 spiro atoms. The first-order valence-electron chi connectivity index (χ1n) is 2.54. The van der Waals surface area contributed by atoms with Crippen molar-refractivity contribution in [1.29, 1.82) is 0 Å². The molecule has 0 atom stereocenters. The predicted molar refractivity (Wildman–Crippen MR) is 58.3 cm³/mol. The molecule has 0 aromatic heterocycles. The molecule has 0 saturated heterocycles. The molecule has 4 heteroatoms. The summed E-state index contributed by atoms with van der Waals surface area (Å²) in [7, 11) is 0.0650. The van der Waals surface area contributed by atoms with Crippen LogP contribution in [0.3, 0.4) is 0 Å². The number of halogens is 3. The zero-order valence-corrected chi connectivity index (χ0v) is 13.2. The number of hydrogen-bond donors (Lipinski definition) is 0. The molecule has 1 aromatic carbocycles. The molecule has 1 radical (unpaired) electrons. The Kier molecular flexibility index (Phi) is 10.1. The second-order valence-corrected chi connectivity index (χ2v) is 25.3. The first-order chi connectivity index (χ1) is 4.81. The molecular formula is C6H4ClI2Zn. The molecule has 0 aliphatic carbocycles. The van der Waals surface area contributed by atoms with Gasteiger partial charge in [0.25, 0.3) is 0 Å². The van der Waals surface area contributed by atoms with Gasteiger partial charge in [0.1, 0.15) is 0 Å². The Morgan fingerprint density at radius 1 is 1.30 bits per heavy atom. The molecule has 0 fully saturated rings. The number of rotatable bonds is 0. The van der Waals surface area contributed by atoms with E-state index in [2.05, 4.69) is 45.6 Å². The van der Waals surface area contributed by atoms with Crippen molar-refractivity contribution in [3.63, 3.8) is 0 Å². The topological polar surface area (TPSA) is 0 Å². The molecule has 1 rings (SSSR count). The molecule has 0 unspecified atom stereocenters. The Morgan fingerprint density at radius 3 is 1.90 bits per heavy atom. The van der Waals surface area contributed by atoms with E-state index >= 15 is 0 Å². The molecule has 0 aliphatic heterocycles. The molecule has 0 amide bonds. The van der Waals surface area contributed by atoms with Crippen molar-refractivity contribution in [3.05, 3.63) is 35.4 Å². The van der Waals surface area contributed by atoms with Gasteiger partial charge in [0.05, 0.1) is 0 Å². The number of hydrogen-bond acceptors (Lipinski definition) is 0. The van der Waals surface area contributed by atoms with Crippen LogP contribution in [0.15, 0.2) is 24.3 Å². The van der Waals surface area contributed by atoms with E-state index in [1.165, 1.54) is 0 Å². The van der Waals surface area contributed by atoms with Crippen molar-refractivity contribution in [1.82, 2.24) is 0 Å². The van der Waals surface area contributed by atoms with E-state index in [4.69, 9.17) is 11.6 Å². The van der Waals surface area contributed by atoms with Gasteiger partial charge in [0.15, 0.2) is 0 Å². The van der Waals surface area contributed by atoms with Crippen molar-refractivity contribution >= 4 is 51.1 Å². The third kappa shape index (κ3) is 7.70. The van der Waals surface area contributed by atoms with E-state index in [9.17, 15) is 0 Å². The summed E-state index contributed by atoms with van der Waals surface area (Å²) < 4.78 is 0. The van der Waals surface area contributed by atoms with Crippen LogP contribution in [0.5, 0.6) is 0 Å². The van der Waals surface area contributed by atoms with Gasteiger partial charge < -0.3 is 0 Å². The van der Waals surface area contributed by atoms with E-state index < -0.39 is 0 Å². The second-order valence-electron chi connectivity index (χ2n) is 1.32. The molecule has 1 aromatic rings. The minimum absolute atomic E-state index is 0.0650. The number of benzene rings is 1. The van der Waals surface area contributed by atoms with Crippen molar-refractivity contribution in [2.24, 2.45) is 0 Å². The summed E-state index contributed by atoms with van der Waals surface area (Å²) in [5.74, 6) is 0. The maximum absolute atomic E-state index is 5.52. The van der Waals surface area contributed by atoms with Crippen molar-refractivity contribution in [3.8, 4) is 0 Å². The van der Waals surface area contributed by atoms with Gasteiger partial charge in [-0.15, -0.1) is 0 Å². The Bertz CT molecular complexity index is 157. The van der Waals surface area contributed by atoms with E-state index in [1.54, 1.807) is 24.3 Å². The quantitative estimate of drug-likeness (QED) is 0.432. The van der Waals surface area contributed by atoms with Gasteiger partial charge in [-0.1, -0.05) is 23.7 Å². The van der Waals surface area contributed by atoms with Crippen molar-refractivity contribution < 1.29 is 10.1 Å². The molecule has 0 nitrogen and oxygen atoms in total. The molecule has 0 saturated carbocycles. The normalized spacial score (nSPS) is 7.10. The zero-order chi connectivity index (χ0) is 7.82. The summed E-state index contributed by atoms with van der Waals surface area (Å²) in [6, 6.07) is 10.00. The predicted octanol–water partition coefficient (Wildman–Crippen LogP) is 3.91. The first-order valence-corrected chi connectivity index (χ1v) is 21.0. The van der Waals surface area contributed by atoms with Gasteiger partial charge in [0, 0.05) is 5.02 Å². The molecule has 10 heavy (non-hydrogen) atoms. The molecule has 0 aliphatic rings. The minimum atomic E-state index is 0.0650. The van der Waals surface area contributed by atoms with Gasteiger partial charge in [-0.25, -0.2) is 0 Å². The SMILES string of the molecule is Clc1cc[c]cc1.[I][Zn][I]. The maximum atomic E-state index is 5.52. The third-order valence-electron chi connectivity index (χ3n) is 0.678.